The lowest BCUT2D eigenvalue weighted by Gasteiger charge is -2.20. The van der Waals surface area contributed by atoms with E-state index in [0.717, 1.165) is 13.0 Å². The molecule has 0 aliphatic carbocycles. The van der Waals surface area contributed by atoms with E-state index in [1.807, 2.05) is 7.05 Å². The Labute approximate surface area is 88.2 Å². The van der Waals surface area contributed by atoms with E-state index in [-0.39, 0.29) is 5.60 Å². The largest absolute Gasteiger partial charge is 0.377 e. The molecule has 0 spiro atoms. The highest BCUT2D eigenvalue weighted by Gasteiger charge is 2.09. The average Bonchev–Trinajstić information content (AvgIpc) is 2.09. The van der Waals surface area contributed by atoms with Crippen molar-refractivity contribution in [3.8, 4) is 0 Å². The van der Waals surface area contributed by atoms with Crippen LogP contribution in [0.4, 0.5) is 0 Å². The lowest BCUT2D eigenvalue weighted by atomic mass is 10.2. The van der Waals surface area contributed by atoms with Gasteiger partial charge in [-0.2, -0.15) is 0 Å². The first-order valence-corrected chi connectivity index (χ1v) is 5.38. The standard InChI is InChI=1S/C11H25NO2/c1-6-10(12-5)9-13-7-8-14-11(2,3)4/h10,12H,6-9H2,1-5H3. The predicted molar refractivity (Wildman–Crippen MR) is 59.7 cm³/mol. The quantitative estimate of drug-likeness (QED) is 0.640. The molecule has 1 atom stereocenters. The van der Waals surface area contributed by atoms with E-state index < -0.39 is 0 Å². The fourth-order valence-electron chi connectivity index (χ4n) is 1.04. The van der Waals surface area contributed by atoms with Gasteiger partial charge in [-0.1, -0.05) is 6.92 Å². The molecule has 0 aliphatic rings. The monoisotopic (exact) mass is 203 g/mol. The molecule has 0 heterocycles. The fourth-order valence-corrected chi connectivity index (χ4v) is 1.04. The van der Waals surface area contributed by atoms with Crippen LogP contribution in [-0.2, 0) is 9.47 Å². The van der Waals surface area contributed by atoms with Gasteiger partial charge in [0.2, 0.25) is 0 Å². The molecule has 0 amide bonds. The van der Waals surface area contributed by atoms with Crippen LogP contribution in [0.25, 0.3) is 0 Å². The summed E-state index contributed by atoms with van der Waals surface area (Å²) < 4.78 is 11.0. The van der Waals surface area contributed by atoms with Crippen molar-refractivity contribution in [2.75, 3.05) is 26.9 Å². The molecule has 0 aliphatic heterocycles. The summed E-state index contributed by atoms with van der Waals surface area (Å²) in [6.07, 6.45) is 1.09. The van der Waals surface area contributed by atoms with Gasteiger partial charge in [0.25, 0.3) is 0 Å². The van der Waals surface area contributed by atoms with Gasteiger partial charge in [0.15, 0.2) is 0 Å². The van der Waals surface area contributed by atoms with Crippen LogP contribution in [0.1, 0.15) is 34.1 Å². The molecule has 0 radical (unpaired) electrons. The first-order valence-electron chi connectivity index (χ1n) is 5.38. The Morgan fingerprint density at radius 3 is 2.29 bits per heavy atom. The first kappa shape index (κ1) is 13.9. The summed E-state index contributed by atoms with van der Waals surface area (Å²) in [7, 11) is 1.96. The summed E-state index contributed by atoms with van der Waals surface area (Å²) in [5.41, 5.74) is -0.0590. The second-order valence-corrected chi connectivity index (χ2v) is 4.43. The van der Waals surface area contributed by atoms with Gasteiger partial charge >= 0.3 is 0 Å². The van der Waals surface area contributed by atoms with Crippen LogP contribution >= 0.6 is 0 Å². The molecule has 0 saturated carbocycles. The number of hydrogen-bond acceptors (Lipinski definition) is 3. The van der Waals surface area contributed by atoms with E-state index >= 15 is 0 Å². The Kier molecular flexibility index (Phi) is 7.15. The van der Waals surface area contributed by atoms with Gasteiger partial charge in [0, 0.05) is 6.04 Å². The average molecular weight is 203 g/mol. The highest BCUT2D eigenvalue weighted by atomic mass is 16.5. The number of ether oxygens (including phenoxy) is 2. The number of rotatable bonds is 7. The van der Waals surface area contributed by atoms with Crippen molar-refractivity contribution >= 4 is 0 Å². The first-order chi connectivity index (χ1) is 6.49. The molecule has 1 N–H and O–H groups in total. The Morgan fingerprint density at radius 1 is 1.21 bits per heavy atom. The van der Waals surface area contributed by atoms with Gasteiger partial charge in [-0.15, -0.1) is 0 Å². The van der Waals surface area contributed by atoms with Crippen LogP contribution in [0.2, 0.25) is 0 Å². The van der Waals surface area contributed by atoms with Gasteiger partial charge in [-0.05, 0) is 34.2 Å². The summed E-state index contributed by atoms with van der Waals surface area (Å²) in [4.78, 5) is 0. The summed E-state index contributed by atoms with van der Waals surface area (Å²) in [6.45, 7) is 10.4. The fraction of sp³-hybridized carbons (Fsp3) is 1.00. The summed E-state index contributed by atoms with van der Waals surface area (Å²) in [6, 6.07) is 0.463. The molecule has 0 aromatic rings. The molecule has 0 aromatic heterocycles. The number of hydrogen-bond donors (Lipinski definition) is 1. The SMILES string of the molecule is CCC(COCCOC(C)(C)C)NC. The summed E-state index contributed by atoms with van der Waals surface area (Å²) >= 11 is 0. The minimum Gasteiger partial charge on any atom is -0.377 e. The van der Waals surface area contributed by atoms with Crippen molar-refractivity contribution in [1.29, 1.82) is 0 Å². The van der Waals surface area contributed by atoms with Gasteiger partial charge in [0.1, 0.15) is 0 Å². The van der Waals surface area contributed by atoms with Gasteiger partial charge in [-0.3, -0.25) is 0 Å². The van der Waals surface area contributed by atoms with E-state index in [1.54, 1.807) is 0 Å². The number of likely N-dealkylation sites (N-methyl/N-ethyl adjacent to an activating group) is 1. The van der Waals surface area contributed by atoms with Crippen LogP contribution in [-0.4, -0.2) is 38.5 Å². The number of nitrogens with one attached hydrogen (secondary N) is 1. The maximum atomic E-state index is 5.53. The topological polar surface area (TPSA) is 30.5 Å². The van der Waals surface area contributed by atoms with Crippen molar-refractivity contribution in [3.05, 3.63) is 0 Å². The summed E-state index contributed by atoms with van der Waals surface area (Å²) in [5, 5.41) is 3.19. The van der Waals surface area contributed by atoms with Gasteiger partial charge in [0.05, 0.1) is 25.4 Å². The van der Waals surface area contributed by atoms with Crippen LogP contribution in [0.5, 0.6) is 0 Å². The third-order valence-electron chi connectivity index (χ3n) is 1.98. The van der Waals surface area contributed by atoms with Gasteiger partial charge < -0.3 is 14.8 Å². The van der Waals surface area contributed by atoms with E-state index in [0.29, 0.717) is 19.3 Å². The zero-order valence-corrected chi connectivity index (χ0v) is 10.2. The van der Waals surface area contributed by atoms with E-state index in [9.17, 15) is 0 Å². The lowest BCUT2D eigenvalue weighted by Crippen LogP contribution is -2.30. The van der Waals surface area contributed by atoms with E-state index in [1.165, 1.54) is 0 Å². The predicted octanol–water partition coefficient (Wildman–Crippen LogP) is 1.82. The van der Waals surface area contributed by atoms with E-state index in [2.05, 4.69) is 33.0 Å². The maximum absolute atomic E-state index is 5.53. The van der Waals surface area contributed by atoms with Crippen molar-refractivity contribution in [2.45, 2.75) is 45.8 Å². The second-order valence-electron chi connectivity index (χ2n) is 4.43. The molecular formula is C11H25NO2. The van der Waals surface area contributed by atoms with Crippen molar-refractivity contribution in [2.24, 2.45) is 0 Å². The molecule has 0 fully saturated rings. The lowest BCUT2D eigenvalue weighted by molar-refractivity contribution is -0.0371. The highest BCUT2D eigenvalue weighted by Crippen LogP contribution is 2.05. The molecule has 1 unspecified atom stereocenters. The molecule has 3 nitrogen and oxygen atoms in total. The zero-order valence-electron chi connectivity index (χ0n) is 10.2. The Hall–Kier alpha value is -0.120. The van der Waals surface area contributed by atoms with Crippen LogP contribution < -0.4 is 5.32 Å². The molecule has 3 heteroatoms. The smallest absolute Gasteiger partial charge is 0.0707 e. The van der Waals surface area contributed by atoms with Crippen molar-refractivity contribution < 1.29 is 9.47 Å². The molecule has 14 heavy (non-hydrogen) atoms. The highest BCUT2D eigenvalue weighted by molar-refractivity contribution is 4.60. The Bertz CT molecular complexity index is 128. The third kappa shape index (κ3) is 8.48. The molecule has 0 saturated heterocycles. The van der Waals surface area contributed by atoms with Crippen LogP contribution in [0.15, 0.2) is 0 Å². The second kappa shape index (κ2) is 7.21. The Morgan fingerprint density at radius 2 is 1.86 bits per heavy atom. The molecule has 0 bridgehead atoms. The molecule has 0 rings (SSSR count). The Balaban J connectivity index is 3.29. The zero-order chi connectivity index (χ0) is 11.0. The van der Waals surface area contributed by atoms with Crippen molar-refractivity contribution in [1.82, 2.24) is 5.32 Å². The van der Waals surface area contributed by atoms with Crippen molar-refractivity contribution in [3.63, 3.8) is 0 Å². The minimum absolute atomic E-state index is 0.0590. The molecule has 86 valence electrons. The summed E-state index contributed by atoms with van der Waals surface area (Å²) in [5.74, 6) is 0. The third-order valence-corrected chi connectivity index (χ3v) is 1.98. The molecule has 0 aromatic carbocycles. The van der Waals surface area contributed by atoms with Crippen LogP contribution in [0.3, 0.4) is 0 Å². The maximum Gasteiger partial charge on any atom is 0.0707 e. The molecular weight excluding hydrogens is 178 g/mol. The van der Waals surface area contributed by atoms with Crippen LogP contribution in [0, 0.1) is 0 Å². The van der Waals surface area contributed by atoms with E-state index in [4.69, 9.17) is 9.47 Å². The minimum atomic E-state index is -0.0590. The normalized spacial score (nSPS) is 14.4. The van der Waals surface area contributed by atoms with Gasteiger partial charge in [-0.25, -0.2) is 0 Å².